The van der Waals surface area contributed by atoms with Crippen molar-refractivity contribution in [2.75, 3.05) is 33.3 Å². The van der Waals surface area contributed by atoms with Gasteiger partial charge in [-0.05, 0) is 36.2 Å². The predicted octanol–water partition coefficient (Wildman–Crippen LogP) is 4.30. The third kappa shape index (κ3) is 4.86. The number of ether oxygens (including phenoxy) is 2. The zero-order chi connectivity index (χ0) is 22.0. The number of rotatable bonds is 6. The summed E-state index contributed by atoms with van der Waals surface area (Å²) in [5.41, 5.74) is 1.40. The fourth-order valence-electron chi connectivity index (χ4n) is 4.31. The lowest BCUT2D eigenvalue weighted by molar-refractivity contribution is 0.0183. The lowest BCUT2D eigenvalue weighted by Crippen LogP contribution is -2.47. The Morgan fingerprint density at radius 3 is 2.77 bits per heavy atom. The van der Waals surface area contributed by atoms with Crippen molar-refractivity contribution in [2.24, 2.45) is 0 Å². The van der Waals surface area contributed by atoms with E-state index in [1.165, 1.54) is 24.7 Å². The monoisotopic (exact) mass is 464 g/mol. The summed E-state index contributed by atoms with van der Waals surface area (Å²) in [7, 11) is 1.54. The predicted molar refractivity (Wildman–Crippen MR) is 121 cm³/mol. The van der Waals surface area contributed by atoms with E-state index in [4.69, 9.17) is 32.7 Å². The third-order valence-corrected chi connectivity index (χ3v) is 6.56. The molecule has 4 rings (SSSR count). The summed E-state index contributed by atoms with van der Waals surface area (Å²) in [6.07, 6.45) is 3.68. The molecule has 2 aromatic carbocycles. The van der Waals surface area contributed by atoms with Gasteiger partial charge in [0.15, 0.2) is 0 Å². The molecular weight excluding hydrogens is 439 g/mol. The summed E-state index contributed by atoms with van der Waals surface area (Å²) in [6.45, 7) is 3.26. The van der Waals surface area contributed by atoms with Crippen LogP contribution in [0.3, 0.4) is 0 Å². The normalized spacial score (nSPS) is 17.3. The molecule has 2 heterocycles. The van der Waals surface area contributed by atoms with E-state index in [0.29, 0.717) is 17.9 Å². The van der Waals surface area contributed by atoms with Gasteiger partial charge in [-0.15, -0.1) is 0 Å². The molecule has 6 nitrogen and oxygen atoms in total. The lowest BCUT2D eigenvalue weighted by Gasteiger charge is -2.38. The van der Waals surface area contributed by atoms with Gasteiger partial charge in [-0.3, -0.25) is 4.79 Å². The standard InChI is InChI=1S/C23H26Cl2N2O4/c1-26-22(29)17-12-18(25)19(28)13-21(17)30-10-2-7-27-8-5-23(6-9-27)14-15-11-16(24)3-4-20(15)31-23/h3-4,11-13,28H,2,5-10,14H2,1H3,(H,26,29). The molecule has 0 aromatic heterocycles. The van der Waals surface area contributed by atoms with Crippen molar-refractivity contribution in [1.29, 1.82) is 0 Å². The molecule has 1 saturated heterocycles. The second-order valence-corrected chi connectivity index (χ2v) is 8.98. The van der Waals surface area contributed by atoms with E-state index in [9.17, 15) is 9.90 Å². The zero-order valence-electron chi connectivity index (χ0n) is 17.4. The number of fused-ring (bicyclic) bond motifs is 1. The van der Waals surface area contributed by atoms with Crippen molar-refractivity contribution in [2.45, 2.75) is 31.3 Å². The Kier molecular flexibility index (Phi) is 6.51. The maximum Gasteiger partial charge on any atom is 0.254 e. The van der Waals surface area contributed by atoms with Gasteiger partial charge in [-0.1, -0.05) is 23.2 Å². The molecule has 1 amide bonds. The molecule has 0 unspecified atom stereocenters. The van der Waals surface area contributed by atoms with Crippen molar-refractivity contribution in [3.8, 4) is 17.2 Å². The number of carbonyl (C=O) groups is 1. The molecule has 0 bridgehead atoms. The van der Waals surface area contributed by atoms with Crippen LogP contribution in [0.2, 0.25) is 10.0 Å². The molecule has 2 N–H and O–H groups in total. The summed E-state index contributed by atoms with van der Waals surface area (Å²) < 4.78 is 12.1. The van der Waals surface area contributed by atoms with Gasteiger partial charge in [-0.2, -0.15) is 0 Å². The molecule has 1 fully saturated rings. The second-order valence-electron chi connectivity index (χ2n) is 8.14. The van der Waals surface area contributed by atoms with E-state index in [2.05, 4.69) is 10.2 Å². The van der Waals surface area contributed by atoms with Crippen molar-refractivity contribution in [3.05, 3.63) is 51.5 Å². The lowest BCUT2D eigenvalue weighted by atomic mass is 9.87. The number of hydrogen-bond acceptors (Lipinski definition) is 5. The van der Waals surface area contributed by atoms with Gasteiger partial charge < -0.3 is 24.8 Å². The molecule has 1 spiro atoms. The Morgan fingerprint density at radius 2 is 2.03 bits per heavy atom. The Morgan fingerprint density at radius 1 is 1.26 bits per heavy atom. The number of likely N-dealkylation sites (tertiary alicyclic amines) is 1. The van der Waals surface area contributed by atoms with E-state index in [1.807, 2.05) is 18.2 Å². The summed E-state index contributed by atoms with van der Waals surface area (Å²) in [5.74, 6) is 0.876. The largest absolute Gasteiger partial charge is 0.506 e. The first kappa shape index (κ1) is 22.1. The summed E-state index contributed by atoms with van der Waals surface area (Å²) in [5, 5.41) is 13.3. The van der Waals surface area contributed by atoms with E-state index in [0.717, 1.165) is 56.1 Å². The second kappa shape index (κ2) is 9.15. The molecule has 0 saturated carbocycles. The smallest absolute Gasteiger partial charge is 0.254 e. The van der Waals surface area contributed by atoms with E-state index in [1.54, 1.807) is 0 Å². The van der Waals surface area contributed by atoms with Gasteiger partial charge in [0.2, 0.25) is 0 Å². The SMILES string of the molecule is CNC(=O)c1cc(Cl)c(O)cc1OCCCN1CCC2(CC1)Cc1cc(Cl)ccc1O2. The Labute approximate surface area is 192 Å². The van der Waals surface area contributed by atoms with Gasteiger partial charge in [-0.25, -0.2) is 0 Å². The number of piperidine rings is 1. The zero-order valence-corrected chi connectivity index (χ0v) is 18.9. The Bertz CT molecular complexity index is 974. The highest BCUT2D eigenvalue weighted by Crippen LogP contribution is 2.42. The molecule has 0 atom stereocenters. The number of hydrogen-bond donors (Lipinski definition) is 2. The number of aromatic hydroxyl groups is 1. The molecule has 0 aliphatic carbocycles. The van der Waals surface area contributed by atoms with Crippen LogP contribution < -0.4 is 14.8 Å². The van der Waals surface area contributed by atoms with Crippen LogP contribution in [0.15, 0.2) is 30.3 Å². The number of phenolic OH excluding ortho intramolecular Hbond substituents is 1. The minimum Gasteiger partial charge on any atom is -0.506 e. The van der Waals surface area contributed by atoms with Crippen LogP contribution in [0.25, 0.3) is 0 Å². The van der Waals surface area contributed by atoms with Gasteiger partial charge in [0.25, 0.3) is 5.91 Å². The molecule has 0 radical (unpaired) electrons. The number of halogens is 2. The molecular formula is C23H26Cl2N2O4. The maximum atomic E-state index is 12.0. The highest BCUT2D eigenvalue weighted by molar-refractivity contribution is 6.32. The minimum atomic E-state index is -0.308. The number of carbonyl (C=O) groups excluding carboxylic acids is 1. The number of nitrogens with zero attached hydrogens (tertiary/aromatic N) is 1. The Hall–Kier alpha value is -2.15. The van der Waals surface area contributed by atoms with E-state index >= 15 is 0 Å². The van der Waals surface area contributed by atoms with E-state index < -0.39 is 0 Å². The average molecular weight is 465 g/mol. The van der Waals surface area contributed by atoms with E-state index in [-0.39, 0.29) is 22.3 Å². The third-order valence-electron chi connectivity index (χ3n) is 6.03. The summed E-state index contributed by atoms with van der Waals surface area (Å²) >= 11 is 12.1. The van der Waals surface area contributed by atoms with Crippen LogP contribution in [-0.2, 0) is 6.42 Å². The summed E-state index contributed by atoms with van der Waals surface area (Å²) in [6, 6.07) is 8.67. The topological polar surface area (TPSA) is 71.0 Å². The van der Waals surface area contributed by atoms with Gasteiger partial charge >= 0.3 is 0 Å². The molecule has 8 heteroatoms. The summed E-state index contributed by atoms with van der Waals surface area (Å²) in [4.78, 5) is 14.5. The number of nitrogens with one attached hydrogen (secondary N) is 1. The van der Waals surface area contributed by atoms with Crippen LogP contribution in [0.5, 0.6) is 17.2 Å². The Balaban J connectivity index is 1.25. The molecule has 2 aliphatic rings. The van der Waals surface area contributed by atoms with Gasteiger partial charge in [0.05, 0.1) is 17.2 Å². The van der Waals surface area contributed by atoms with Crippen LogP contribution in [-0.4, -0.2) is 54.8 Å². The first-order valence-electron chi connectivity index (χ1n) is 10.5. The highest BCUT2D eigenvalue weighted by Gasteiger charge is 2.41. The number of amides is 1. The number of benzene rings is 2. The molecule has 2 aliphatic heterocycles. The number of phenols is 1. The minimum absolute atomic E-state index is 0.107. The first-order valence-corrected chi connectivity index (χ1v) is 11.2. The highest BCUT2D eigenvalue weighted by atomic mass is 35.5. The van der Waals surface area contributed by atoms with Crippen LogP contribution >= 0.6 is 23.2 Å². The van der Waals surface area contributed by atoms with Crippen molar-refractivity contribution < 1.29 is 19.4 Å². The first-order chi connectivity index (χ1) is 14.9. The molecule has 31 heavy (non-hydrogen) atoms. The average Bonchev–Trinajstić information content (AvgIpc) is 3.11. The maximum absolute atomic E-state index is 12.0. The van der Waals surface area contributed by atoms with Gasteiger partial charge in [0.1, 0.15) is 22.8 Å². The van der Waals surface area contributed by atoms with Crippen LogP contribution in [0.4, 0.5) is 0 Å². The van der Waals surface area contributed by atoms with Crippen molar-refractivity contribution >= 4 is 29.1 Å². The van der Waals surface area contributed by atoms with Crippen molar-refractivity contribution in [3.63, 3.8) is 0 Å². The van der Waals surface area contributed by atoms with Crippen LogP contribution in [0.1, 0.15) is 35.2 Å². The molecule has 2 aromatic rings. The van der Waals surface area contributed by atoms with Gasteiger partial charge in [0, 0.05) is 57.0 Å². The van der Waals surface area contributed by atoms with Crippen molar-refractivity contribution in [1.82, 2.24) is 10.2 Å². The fourth-order valence-corrected chi connectivity index (χ4v) is 4.67. The fraction of sp³-hybridized carbons (Fsp3) is 0.435. The van der Waals surface area contributed by atoms with Crippen LogP contribution in [0, 0.1) is 0 Å². The molecule has 166 valence electrons. The quantitative estimate of drug-likeness (QED) is 0.623.